The summed E-state index contributed by atoms with van der Waals surface area (Å²) in [5.74, 6) is 0.973. The summed E-state index contributed by atoms with van der Waals surface area (Å²) in [5.41, 5.74) is 0.990. The quantitative estimate of drug-likeness (QED) is 0.279. The van der Waals surface area contributed by atoms with Gasteiger partial charge in [0.1, 0.15) is 0 Å². The van der Waals surface area contributed by atoms with E-state index in [9.17, 15) is 0 Å². The monoisotopic (exact) mass is 462 g/mol. The number of aliphatic imine (C=N–C) groups is 1. The molecule has 1 aromatic rings. The molecule has 2 rings (SSSR count). The zero-order valence-corrected chi connectivity index (χ0v) is 17.6. The van der Waals surface area contributed by atoms with Crippen LogP contribution >= 0.6 is 24.0 Å². The largest absolute Gasteiger partial charge is 0.385 e. The maximum Gasteiger partial charge on any atom is 0.194 e. The molecule has 0 aromatic carbocycles. The summed E-state index contributed by atoms with van der Waals surface area (Å²) in [7, 11) is 1.73. The molecule has 6 nitrogen and oxygen atoms in total. The Morgan fingerprint density at radius 1 is 1.32 bits per heavy atom. The number of nitrogens with one attached hydrogen (secondary N) is 1. The standard InChI is InChI=1S/C18H30N4O2.HI/c1-3-19-18(21-15-16-7-4-5-10-20-16)22-11-8-17(9-12-22)24-14-6-13-23-2;/h4-5,7,10,17H,3,6,8-9,11-15H2,1-2H3,(H,19,21);1H. The first-order valence-electron chi connectivity index (χ1n) is 8.87. The van der Waals surface area contributed by atoms with Gasteiger partial charge in [0.05, 0.1) is 18.3 Å². The van der Waals surface area contributed by atoms with Gasteiger partial charge in [-0.05, 0) is 38.3 Å². The molecular formula is C18H31IN4O2. The molecule has 1 aliphatic heterocycles. The molecule has 1 N–H and O–H groups in total. The van der Waals surface area contributed by atoms with Crippen molar-refractivity contribution in [3.63, 3.8) is 0 Å². The van der Waals surface area contributed by atoms with Gasteiger partial charge in [-0.2, -0.15) is 0 Å². The van der Waals surface area contributed by atoms with E-state index in [0.29, 0.717) is 12.6 Å². The molecule has 0 bridgehead atoms. The number of guanidine groups is 1. The van der Waals surface area contributed by atoms with Crippen LogP contribution in [0, 0.1) is 0 Å². The summed E-state index contributed by atoms with van der Waals surface area (Å²) in [6.07, 6.45) is 5.22. The molecule has 0 amide bonds. The van der Waals surface area contributed by atoms with Gasteiger partial charge in [0.25, 0.3) is 0 Å². The SMILES string of the molecule is CCNC(=NCc1ccccn1)N1CCC(OCCCOC)CC1.I. The third-order valence-corrected chi connectivity index (χ3v) is 4.04. The van der Waals surface area contributed by atoms with Crippen molar-refractivity contribution in [2.45, 2.75) is 38.8 Å². The van der Waals surface area contributed by atoms with Crippen LogP contribution in [0.25, 0.3) is 0 Å². The van der Waals surface area contributed by atoms with Crippen LogP contribution in [0.15, 0.2) is 29.4 Å². The van der Waals surface area contributed by atoms with Crippen LogP contribution in [-0.2, 0) is 16.0 Å². The maximum absolute atomic E-state index is 5.93. The Hall–Kier alpha value is -0.930. The van der Waals surface area contributed by atoms with Crippen molar-refractivity contribution in [1.82, 2.24) is 15.2 Å². The summed E-state index contributed by atoms with van der Waals surface area (Å²) >= 11 is 0. The van der Waals surface area contributed by atoms with Gasteiger partial charge in [-0.25, -0.2) is 4.99 Å². The Bertz CT molecular complexity index is 479. The first kappa shape index (κ1) is 22.1. The van der Waals surface area contributed by atoms with E-state index >= 15 is 0 Å². The van der Waals surface area contributed by atoms with Crippen molar-refractivity contribution in [1.29, 1.82) is 0 Å². The van der Waals surface area contributed by atoms with Crippen LogP contribution in [0.4, 0.5) is 0 Å². The predicted octanol–water partition coefficient (Wildman–Crippen LogP) is 2.68. The highest BCUT2D eigenvalue weighted by atomic mass is 127. The van der Waals surface area contributed by atoms with Gasteiger partial charge in [-0.3, -0.25) is 4.98 Å². The highest BCUT2D eigenvalue weighted by molar-refractivity contribution is 14.0. The minimum atomic E-state index is 0. The third kappa shape index (κ3) is 8.33. The summed E-state index contributed by atoms with van der Waals surface area (Å²) in [4.78, 5) is 11.4. The molecule has 0 saturated carbocycles. The Morgan fingerprint density at radius 2 is 2.12 bits per heavy atom. The zero-order valence-electron chi connectivity index (χ0n) is 15.3. The summed E-state index contributed by atoms with van der Waals surface area (Å²) in [6, 6.07) is 5.93. The number of piperidine rings is 1. The van der Waals surface area contributed by atoms with E-state index in [2.05, 4.69) is 22.1 Å². The molecule has 1 saturated heterocycles. The number of hydrogen-bond donors (Lipinski definition) is 1. The van der Waals surface area contributed by atoms with E-state index in [1.165, 1.54) is 0 Å². The lowest BCUT2D eigenvalue weighted by Crippen LogP contribution is -2.47. The molecule has 1 fully saturated rings. The number of likely N-dealkylation sites (tertiary alicyclic amines) is 1. The van der Waals surface area contributed by atoms with E-state index in [1.807, 2.05) is 24.4 Å². The van der Waals surface area contributed by atoms with Crippen LogP contribution in [-0.4, -0.2) is 61.9 Å². The summed E-state index contributed by atoms with van der Waals surface area (Å²) < 4.78 is 11.0. The van der Waals surface area contributed by atoms with Crippen molar-refractivity contribution >= 4 is 29.9 Å². The van der Waals surface area contributed by atoms with Crippen LogP contribution in [0.1, 0.15) is 31.9 Å². The normalized spacial score (nSPS) is 15.8. The van der Waals surface area contributed by atoms with Crippen molar-refractivity contribution < 1.29 is 9.47 Å². The van der Waals surface area contributed by atoms with Crippen LogP contribution in [0.3, 0.4) is 0 Å². The molecule has 25 heavy (non-hydrogen) atoms. The van der Waals surface area contributed by atoms with Crippen LogP contribution in [0.2, 0.25) is 0 Å². The Morgan fingerprint density at radius 3 is 2.76 bits per heavy atom. The Kier molecular flexibility index (Phi) is 11.8. The van der Waals surface area contributed by atoms with Gasteiger partial charge in [0, 0.05) is 46.2 Å². The van der Waals surface area contributed by atoms with Crippen molar-refractivity contribution in [2.75, 3.05) is 40.0 Å². The molecule has 0 spiro atoms. The Labute approximate surface area is 168 Å². The second-order valence-corrected chi connectivity index (χ2v) is 5.89. The highest BCUT2D eigenvalue weighted by Crippen LogP contribution is 2.14. The second-order valence-electron chi connectivity index (χ2n) is 5.89. The molecule has 0 radical (unpaired) electrons. The fourth-order valence-corrected chi connectivity index (χ4v) is 2.76. The highest BCUT2D eigenvalue weighted by Gasteiger charge is 2.21. The summed E-state index contributed by atoms with van der Waals surface area (Å²) in [5, 5.41) is 3.39. The molecule has 142 valence electrons. The van der Waals surface area contributed by atoms with Crippen LogP contribution < -0.4 is 5.32 Å². The second kappa shape index (κ2) is 13.3. The van der Waals surface area contributed by atoms with Crippen LogP contribution in [0.5, 0.6) is 0 Å². The number of rotatable bonds is 8. The zero-order chi connectivity index (χ0) is 17.0. The maximum atomic E-state index is 5.93. The number of nitrogens with zero attached hydrogens (tertiary/aromatic N) is 3. The minimum Gasteiger partial charge on any atom is -0.385 e. The smallest absolute Gasteiger partial charge is 0.194 e. The number of methoxy groups -OCH3 is 1. The molecule has 7 heteroatoms. The Balaban J connectivity index is 0.00000312. The average molecular weight is 462 g/mol. The molecule has 2 heterocycles. The number of pyridine rings is 1. The van der Waals surface area contributed by atoms with Gasteiger partial charge in [-0.15, -0.1) is 24.0 Å². The topological polar surface area (TPSA) is 59.0 Å². The number of halogens is 1. The van der Waals surface area contributed by atoms with Gasteiger partial charge in [-0.1, -0.05) is 6.07 Å². The predicted molar refractivity (Wildman–Crippen MR) is 112 cm³/mol. The lowest BCUT2D eigenvalue weighted by molar-refractivity contribution is 0.00990. The average Bonchev–Trinajstić information content (AvgIpc) is 2.64. The van der Waals surface area contributed by atoms with Crippen molar-refractivity contribution in [3.05, 3.63) is 30.1 Å². The van der Waals surface area contributed by atoms with E-state index in [1.54, 1.807) is 7.11 Å². The van der Waals surface area contributed by atoms with E-state index in [-0.39, 0.29) is 24.0 Å². The molecule has 1 aromatic heterocycles. The first-order valence-corrected chi connectivity index (χ1v) is 8.87. The molecule has 1 aliphatic rings. The first-order chi connectivity index (χ1) is 11.8. The van der Waals surface area contributed by atoms with Crippen molar-refractivity contribution in [3.8, 4) is 0 Å². The van der Waals surface area contributed by atoms with E-state index in [4.69, 9.17) is 14.5 Å². The molecule has 0 unspecified atom stereocenters. The number of aromatic nitrogens is 1. The van der Waals surface area contributed by atoms with Crippen molar-refractivity contribution in [2.24, 2.45) is 4.99 Å². The van der Waals surface area contributed by atoms with Gasteiger partial charge in [0.2, 0.25) is 0 Å². The fraction of sp³-hybridized carbons (Fsp3) is 0.667. The van der Waals surface area contributed by atoms with Gasteiger partial charge >= 0.3 is 0 Å². The molecule has 0 aliphatic carbocycles. The number of hydrogen-bond acceptors (Lipinski definition) is 4. The number of ether oxygens (including phenoxy) is 2. The third-order valence-electron chi connectivity index (χ3n) is 4.04. The van der Waals surface area contributed by atoms with E-state index in [0.717, 1.165) is 63.8 Å². The summed E-state index contributed by atoms with van der Waals surface area (Å²) in [6.45, 7) is 7.08. The van der Waals surface area contributed by atoms with E-state index < -0.39 is 0 Å². The van der Waals surface area contributed by atoms with Gasteiger partial charge in [0.15, 0.2) is 5.96 Å². The van der Waals surface area contributed by atoms with Gasteiger partial charge < -0.3 is 19.7 Å². The lowest BCUT2D eigenvalue weighted by atomic mass is 10.1. The lowest BCUT2D eigenvalue weighted by Gasteiger charge is -2.34. The minimum absolute atomic E-state index is 0. The fourth-order valence-electron chi connectivity index (χ4n) is 2.76. The molecule has 0 atom stereocenters. The molecular weight excluding hydrogens is 431 g/mol.